The lowest BCUT2D eigenvalue weighted by Crippen LogP contribution is -2.37. The van der Waals surface area contributed by atoms with E-state index in [1.54, 1.807) is 0 Å². The van der Waals surface area contributed by atoms with Crippen LogP contribution in [0.3, 0.4) is 0 Å². The summed E-state index contributed by atoms with van der Waals surface area (Å²) in [6.07, 6.45) is 0. The fourth-order valence-electron chi connectivity index (χ4n) is 8.36. The van der Waals surface area contributed by atoms with Crippen LogP contribution in [-0.4, -0.2) is 0 Å². The summed E-state index contributed by atoms with van der Waals surface area (Å²) in [5.41, 5.74) is 15.3. The molecule has 1 aliphatic heterocycles. The van der Waals surface area contributed by atoms with Crippen molar-refractivity contribution in [3.63, 3.8) is 0 Å². The van der Waals surface area contributed by atoms with E-state index in [1.165, 1.54) is 55.9 Å². The van der Waals surface area contributed by atoms with Crippen LogP contribution in [0.15, 0.2) is 168 Å². The minimum Gasteiger partial charge on any atom is -0.455 e. The number of benzene rings is 7. The molecule has 0 amide bonds. The molecule has 0 radical (unpaired) electrons. The third-order valence-corrected chi connectivity index (χ3v) is 10.1. The van der Waals surface area contributed by atoms with E-state index in [0.29, 0.717) is 0 Å². The lowest BCUT2D eigenvalue weighted by atomic mass is 9.64. The van der Waals surface area contributed by atoms with Gasteiger partial charge in [-0.3, -0.25) is 0 Å². The molecule has 0 saturated carbocycles. The van der Waals surface area contributed by atoms with Crippen LogP contribution < -0.4 is 4.90 Å². The van der Waals surface area contributed by atoms with Crippen molar-refractivity contribution in [2.45, 2.75) is 12.0 Å². The maximum atomic E-state index is 6.60. The van der Waals surface area contributed by atoms with Gasteiger partial charge >= 0.3 is 0 Å². The molecule has 0 atom stereocenters. The van der Waals surface area contributed by atoms with E-state index >= 15 is 0 Å². The topological polar surface area (TPSA) is 16.4 Å². The second-order valence-corrected chi connectivity index (χ2v) is 12.4. The monoisotopic (exact) mass is 587 g/mol. The summed E-state index contributed by atoms with van der Waals surface area (Å²) in [7, 11) is 0. The third kappa shape index (κ3) is 3.31. The van der Waals surface area contributed by atoms with E-state index in [1.807, 2.05) is 6.07 Å². The minimum atomic E-state index is -0.468. The Morgan fingerprint density at radius 3 is 1.80 bits per heavy atom. The summed E-state index contributed by atoms with van der Waals surface area (Å²) >= 11 is 0. The zero-order valence-corrected chi connectivity index (χ0v) is 25.2. The lowest BCUT2D eigenvalue weighted by Gasteiger charge is -2.45. The van der Waals surface area contributed by atoms with Crippen LogP contribution >= 0.6 is 0 Å². The van der Waals surface area contributed by atoms with Crippen LogP contribution in [0.25, 0.3) is 44.2 Å². The van der Waals surface area contributed by atoms with Crippen LogP contribution in [0.5, 0.6) is 0 Å². The average molecular weight is 588 g/mol. The Balaban J connectivity index is 1.29. The van der Waals surface area contributed by atoms with Gasteiger partial charge in [0, 0.05) is 34.3 Å². The summed E-state index contributed by atoms with van der Waals surface area (Å²) in [5, 5.41) is 2.30. The number of nitrogens with zero attached hydrogens (tertiary/aromatic N) is 1. The number of anilines is 2. The summed E-state index contributed by atoms with van der Waals surface area (Å²) in [5.74, 6) is 0. The van der Waals surface area contributed by atoms with Crippen molar-refractivity contribution in [3.05, 3.63) is 192 Å². The molecule has 0 fully saturated rings. The van der Waals surface area contributed by atoms with Gasteiger partial charge in [0.1, 0.15) is 11.2 Å². The number of para-hydroxylation sites is 4. The van der Waals surface area contributed by atoms with Crippen LogP contribution in [0.1, 0.15) is 27.8 Å². The van der Waals surface area contributed by atoms with Crippen molar-refractivity contribution >= 4 is 33.3 Å². The number of hydrogen-bond donors (Lipinski definition) is 0. The van der Waals surface area contributed by atoms with Crippen molar-refractivity contribution in [2.75, 3.05) is 4.90 Å². The molecule has 1 aromatic heterocycles. The Bertz CT molecular complexity index is 2420. The molecule has 2 nitrogen and oxygen atoms in total. The van der Waals surface area contributed by atoms with Gasteiger partial charge in [0.05, 0.1) is 5.41 Å². The largest absolute Gasteiger partial charge is 0.455 e. The molecule has 216 valence electrons. The molecule has 0 N–H and O–H groups in total. The van der Waals surface area contributed by atoms with Crippen molar-refractivity contribution in [2.24, 2.45) is 0 Å². The quantitative estimate of drug-likeness (QED) is 0.204. The maximum absolute atomic E-state index is 6.60. The van der Waals surface area contributed by atoms with E-state index in [4.69, 9.17) is 4.42 Å². The van der Waals surface area contributed by atoms with Crippen LogP contribution in [-0.2, 0) is 12.0 Å². The fraction of sp³-hybridized carbons (Fsp3) is 0.0455. The molecule has 46 heavy (non-hydrogen) atoms. The van der Waals surface area contributed by atoms with Gasteiger partial charge in [-0.05, 0) is 62.7 Å². The normalized spacial score (nSPS) is 13.9. The molecule has 7 aromatic carbocycles. The minimum absolute atomic E-state index is 0.468. The molecule has 0 unspecified atom stereocenters. The molecule has 8 aromatic rings. The summed E-state index contributed by atoms with van der Waals surface area (Å²) in [4.78, 5) is 2.50. The van der Waals surface area contributed by atoms with E-state index < -0.39 is 5.41 Å². The third-order valence-electron chi connectivity index (χ3n) is 10.1. The Kier molecular flexibility index (Phi) is 5.30. The van der Waals surface area contributed by atoms with Gasteiger partial charge in [-0.15, -0.1) is 0 Å². The smallest absolute Gasteiger partial charge is 0.143 e. The first-order valence-electron chi connectivity index (χ1n) is 16.0. The molecule has 2 aliphatic rings. The van der Waals surface area contributed by atoms with Gasteiger partial charge in [-0.2, -0.15) is 0 Å². The molecule has 2 heterocycles. The first kappa shape index (κ1) is 25.5. The second-order valence-electron chi connectivity index (χ2n) is 12.4. The first-order chi connectivity index (χ1) is 22.8. The van der Waals surface area contributed by atoms with Crippen molar-refractivity contribution < 1.29 is 4.42 Å². The predicted molar refractivity (Wildman–Crippen MR) is 189 cm³/mol. The highest BCUT2D eigenvalue weighted by molar-refractivity contribution is 6.11. The molecular weight excluding hydrogens is 558 g/mol. The average Bonchev–Trinajstić information content (AvgIpc) is 3.65. The highest BCUT2D eigenvalue weighted by atomic mass is 16.3. The van der Waals surface area contributed by atoms with Gasteiger partial charge in [-0.1, -0.05) is 146 Å². The predicted octanol–water partition coefficient (Wildman–Crippen LogP) is 11.3. The Hall–Kier alpha value is -5.86. The highest BCUT2D eigenvalue weighted by Crippen LogP contribution is 2.63. The molecule has 0 saturated heterocycles. The van der Waals surface area contributed by atoms with E-state index in [9.17, 15) is 0 Å². The SMILES string of the molecule is c1ccc(CN2c3ccccc3C3(c4ccccc4-c4c(-c5cccc6c5oc5ccccc56)cccc43)c3ccccc32)cc1. The van der Waals surface area contributed by atoms with Gasteiger partial charge in [0.25, 0.3) is 0 Å². The molecular formula is C44H29NO. The van der Waals surface area contributed by atoms with Crippen molar-refractivity contribution in [1.29, 1.82) is 0 Å². The summed E-state index contributed by atoms with van der Waals surface area (Å²) < 4.78 is 6.60. The molecule has 10 rings (SSSR count). The number of rotatable bonds is 3. The van der Waals surface area contributed by atoms with Gasteiger partial charge in [0.2, 0.25) is 0 Å². The second kappa shape index (κ2) is 9.57. The van der Waals surface area contributed by atoms with Crippen LogP contribution in [0.2, 0.25) is 0 Å². The fourth-order valence-corrected chi connectivity index (χ4v) is 8.36. The molecule has 2 heteroatoms. The maximum Gasteiger partial charge on any atom is 0.143 e. The van der Waals surface area contributed by atoms with Crippen molar-refractivity contribution in [1.82, 2.24) is 0 Å². The van der Waals surface area contributed by atoms with Gasteiger partial charge in [0.15, 0.2) is 0 Å². The van der Waals surface area contributed by atoms with E-state index in [2.05, 4.69) is 163 Å². The van der Waals surface area contributed by atoms with Crippen LogP contribution in [0.4, 0.5) is 11.4 Å². The zero-order chi connectivity index (χ0) is 30.2. The summed E-state index contributed by atoms with van der Waals surface area (Å²) in [6.45, 7) is 0.799. The van der Waals surface area contributed by atoms with E-state index in [0.717, 1.165) is 34.0 Å². The first-order valence-corrected chi connectivity index (χ1v) is 16.0. The molecule has 1 aliphatic carbocycles. The number of hydrogen-bond acceptors (Lipinski definition) is 2. The number of furan rings is 1. The Morgan fingerprint density at radius 1 is 0.435 bits per heavy atom. The van der Waals surface area contributed by atoms with Crippen molar-refractivity contribution in [3.8, 4) is 22.3 Å². The number of fused-ring (bicyclic) bond motifs is 12. The highest BCUT2D eigenvalue weighted by Gasteiger charge is 2.51. The molecule has 1 spiro atoms. The Labute approximate surface area is 267 Å². The Morgan fingerprint density at radius 2 is 1.00 bits per heavy atom. The van der Waals surface area contributed by atoms with Crippen LogP contribution in [0, 0.1) is 0 Å². The summed E-state index contributed by atoms with van der Waals surface area (Å²) in [6, 6.07) is 59.7. The van der Waals surface area contributed by atoms with Gasteiger partial charge in [-0.25, -0.2) is 0 Å². The zero-order valence-electron chi connectivity index (χ0n) is 25.2. The standard InChI is InChI=1S/C44H29NO/c1-2-14-29(15-3-1)28-45-39-25-9-7-22-36(39)44(37-23-8-10-26-40(37)45)35-21-6-4-17-34(35)42-31(18-13-24-38(42)44)33-20-12-19-32-30-16-5-11-27-41(30)46-43(32)33/h1-27H,28H2. The van der Waals surface area contributed by atoms with Gasteiger partial charge < -0.3 is 9.32 Å². The molecule has 0 bridgehead atoms. The van der Waals surface area contributed by atoms with E-state index in [-0.39, 0.29) is 0 Å². The lowest BCUT2D eigenvalue weighted by molar-refractivity contribution is 0.670.